The van der Waals surface area contributed by atoms with Crippen molar-refractivity contribution in [3.63, 3.8) is 0 Å². The van der Waals surface area contributed by atoms with E-state index in [9.17, 15) is 4.79 Å². The van der Waals surface area contributed by atoms with Crippen LogP contribution in [0, 0.1) is 13.8 Å². The van der Waals surface area contributed by atoms with Crippen LogP contribution in [-0.2, 0) is 0 Å². The fraction of sp³-hybridized carbons (Fsp3) is 0.421. The van der Waals surface area contributed by atoms with Crippen LogP contribution in [0.2, 0.25) is 0 Å². The smallest absolute Gasteiger partial charge is 0.277 e. The van der Waals surface area contributed by atoms with Crippen molar-refractivity contribution in [3.8, 4) is 0 Å². The van der Waals surface area contributed by atoms with Crippen LogP contribution in [0.15, 0.2) is 24.8 Å². The van der Waals surface area contributed by atoms with E-state index in [2.05, 4.69) is 42.4 Å². The molecule has 0 bridgehead atoms. The molecule has 1 aliphatic heterocycles. The second-order valence-corrected chi connectivity index (χ2v) is 7.04. The molecule has 1 atom stereocenters. The number of amides is 1. The van der Waals surface area contributed by atoms with E-state index < -0.39 is 0 Å². The van der Waals surface area contributed by atoms with Crippen molar-refractivity contribution in [3.05, 3.63) is 41.9 Å². The Morgan fingerprint density at radius 3 is 2.86 bits per heavy atom. The zero-order valence-electron chi connectivity index (χ0n) is 16.3. The van der Waals surface area contributed by atoms with Crippen molar-refractivity contribution in [1.82, 2.24) is 29.7 Å². The molecule has 0 aromatic carbocycles. The average Bonchev–Trinajstić information content (AvgIpc) is 3.09. The molecule has 3 aromatic rings. The van der Waals surface area contributed by atoms with Gasteiger partial charge in [-0.3, -0.25) is 4.79 Å². The molecule has 0 radical (unpaired) electrons. The minimum atomic E-state index is -0.339. The highest BCUT2D eigenvalue weighted by atomic mass is 16.1. The molecule has 2 N–H and O–H groups in total. The Morgan fingerprint density at radius 1 is 1.25 bits per heavy atom. The van der Waals surface area contributed by atoms with Gasteiger partial charge in [0.15, 0.2) is 5.65 Å². The van der Waals surface area contributed by atoms with Crippen molar-refractivity contribution < 1.29 is 4.79 Å². The molecule has 9 heteroatoms. The highest BCUT2D eigenvalue weighted by Gasteiger charge is 2.20. The van der Waals surface area contributed by atoms with Crippen molar-refractivity contribution in [2.24, 2.45) is 0 Å². The van der Waals surface area contributed by atoms with E-state index in [1.165, 1.54) is 6.20 Å². The number of fused-ring (bicyclic) bond motifs is 1. The Balaban J connectivity index is 1.48. The Hall–Kier alpha value is -3.07. The van der Waals surface area contributed by atoms with E-state index in [-0.39, 0.29) is 11.6 Å². The second-order valence-electron chi connectivity index (χ2n) is 7.04. The third-order valence-corrected chi connectivity index (χ3v) is 4.91. The van der Waals surface area contributed by atoms with Gasteiger partial charge < -0.3 is 19.9 Å². The maximum Gasteiger partial charge on any atom is 0.277 e. The fourth-order valence-electron chi connectivity index (χ4n) is 3.42. The van der Waals surface area contributed by atoms with Crippen molar-refractivity contribution >= 4 is 23.2 Å². The molecule has 4 heterocycles. The summed E-state index contributed by atoms with van der Waals surface area (Å²) in [4.78, 5) is 32.3. The first-order chi connectivity index (χ1) is 13.5. The summed E-state index contributed by atoms with van der Waals surface area (Å²) in [6, 6.07) is 0.453. The summed E-state index contributed by atoms with van der Waals surface area (Å²) >= 11 is 0. The number of nitrogens with zero attached hydrogens (tertiary/aromatic N) is 6. The molecule has 3 aromatic heterocycles. The second kappa shape index (κ2) is 7.51. The van der Waals surface area contributed by atoms with Gasteiger partial charge in [0.2, 0.25) is 0 Å². The number of hydrogen-bond donors (Lipinski definition) is 2. The number of nitrogens with one attached hydrogen (secondary N) is 2. The molecule has 4 rings (SSSR count). The van der Waals surface area contributed by atoms with Gasteiger partial charge in [0, 0.05) is 31.9 Å². The normalized spacial score (nSPS) is 17.1. The van der Waals surface area contributed by atoms with Crippen molar-refractivity contribution in [1.29, 1.82) is 0 Å². The Morgan fingerprint density at radius 2 is 2.11 bits per heavy atom. The number of hydrogen-bond acceptors (Lipinski definition) is 7. The van der Waals surface area contributed by atoms with Gasteiger partial charge in [-0.25, -0.2) is 19.9 Å². The molecule has 28 heavy (non-hydrogen) atoms. The third-order valence-electron chi connectivity index (χ3n) is 4.91. The maximum absolute atomic E-state index is 12.6. The highest BCUT2D eigenvalue weighted by molar-refractivity contribution is 6.02. The van der Waals surface area contributed by atoms with Crippen LogP contribution in [0.3, 0.4) is 0 Å². The molecule has 0 unspecified atom stereocenters. The molecule has 146 valence electrons. The summed E-state index contributed by atoms with van der Waals surface area (Å²) in [5, 5.41) is 6.27. The van der Waals surface area contributed by atoms with Gasteiger partial charge in [-0.05, 0) is 20.3 Å². The molecule has 1 fully saturated rings. The van der Waals surface area contributed by atoms with Crippen LogP contribution in [0.25, 0.3) is 5.65 Å². The zero-order chi connectivity index (χ0) is 19.7. The lowest BCUT2D eigenvalue weighted by atomic mass is 10.1. The van der Waals surface area contributed by atoms with Gasteiger partial charge in [-0.1, -0.05) is 6.92 Å². The van der Waals surface area contributed by atoms with E-state index in [1.807, 2.05) is 24.4 Å². The molecular weight excluding hydrogens is 356 g/mol. The molecular formula is C19H24N8O. The van der Waals surface area contributed by atoms with Gasteiger partial charge in [-0.2, -0.15) is 0 Å². The Labute approximate surface area is 163 Å². The quantitative estimate of drug-likeness (QED) is 0.709. The highest BCUT2D eigenvalue weighted by Crippen LogP contribution is 2.15. The number of aryl methyl sites for hydroxylation is 2. The SMILES string of the molecule is CC[C@@H]1CN(c2cnc(C(=O)Nc3cn4cc(C)nc4c(C)n3)cn2)CCN1. The lowest BCUT2D eigenvalue weighted by Gasteiger charge is -2.33. The molecule has 0 aliphatic carbocycles. The van der Waals surface area contributed by atoms with E-state index in [4.69, 9.17) is 0 Å². The number of rotatable bonds is 4. The predicted octanol–water partition coefficient (Wildman–Crippen LogP) is 1.58. The van der Waals surface area contributed by atoms with Crippen LogP contribution in [0.5, 0.6) is 0 Å². The minimum absolute atomic E-state index is 0.257. The third kappa shape index (κ3) is 3.65. The van der Waals surface area contributed by atoms with E-state index in [1.54, 1.807) is 12.4 Å². The number of imidazole rings is 1. The van der Waals surface area contributed by atoms with E-state index in [0.29, 0.717) is 11.9 Å². The van der Waals surface area contributed by atoms with Crippen molar-refractivity contribution in [2.45, 2.75) is 33.2 Å². The van der Waals surface area contributed by atoms with Crippen molar-refractivity contribution in [2.75, 3.05) is 29.9 Å². The summed E-state index contributed by atoms with van der Waals surface area (Å²) in [6.45, 7) is 8.64. The Kier molecular flexibility index (Phi) is 4.91. The van der Waals surface area contributed by atoms with Crippen LogP contribution in [-0.4, -0.2) is 55.9 Å². The first-order valence-corrected chi connectivity index (χ1v) is 9.48. The number of anilines is 2. The standard InChI is InChI=1S/C19H24N8O/c1-4-14-10-26(6-5-20-14)17-8-21-15(7-22-17)19(28)25-16-11-27-9-12(2)23-18(27)13(3)24-16/h7-9,11,14,20H,4-6,10H2,1-3H3,(H,25,28)/t14-/m1/s1. The van der Waals surface area contributed by atoms with Crippen LogP contribution in [0.1, 0.15) is 35.2 Å². The number of carbonyl (C=O) groups excluding carboxylic acids is 1. The summed E-state index contributed by atoms with van der Waals surface area (Å²) < 4.78 is 1.86. The average molecular weight is 380 g/mol. The van der Waals surface area contributed by atoms with Gasteiger partial charge in [0.05, 0.1) is 30.0 Å². The summed E-state index contributed by atoms with van der Waals surface area (Å²) in [6.07, 6.45) is 7.88. The summed E-state index contributed by atoms with van der Waals surface area (Å²) in [7, 11) is 0. The molecule has 1 amide bonds. The summed E-state index contributed by atoms with van der Waals surface area (Å²) in [5.74, 6) is 0.904. The van der Waals surface area contributed by atoms with Crippen LogP contribution in [0.4, 0.5) is 11.6 Å². The van der Waals surface area contributed by atoms with Gasteiger partial charge in [0.25, 0.3) is 5.91 Å². The Bertz CT molecular complexity index is 997. The first kappa shape index (κ1) is 18.3. The van der Waals surface area contributed by atoms with Gasteiger partial charge in [-0.15, -0.1) is 0 Å². The van der Waals surface area contributed by atoms with Gasteiger partial charge in [0.1, 0.15) is 17.3 Å². The van der Waals surface area contributed by atoms with Crippen LogP contribution < -0.4 is 15.5 Å². The topological polar surface area (TPSA) is 100 Å². The van der Waals surface area contributed by atoms with Crippen LogP contribution >= 0.6 is 0 Å². The molecule has 0 saturated carbocycles. The zero-order valence-corrected chi connectivity index (χ0v) is 16.3. The molecule has 1 aliphatic rings. The molecule has 0 spiro atoms. The van der Waals surface area contributed by atoms with Gasteiger partial charge >= 0.3 is 0 Å². The molecule has 1 saturated heterocycles. The predicted molar refractivity (Wildman–Crippen MR) is 107 cm³/mol. The largest absolute Gasteiger partial charge is 0.353 e. The van der Waals surface area contributed by atoms with E-state index in [0.717, 1.165) is 48.9 Å². The lowest BCUT2D eigenvalue weighted by molar-refractivity contribution is 0.102. The van der Waals surface area contributed by atoms with E-state index >= 15 is 0 Å². The first-order valence-electron chi connectivity index (χ1n) is 9.48. The number of carbonyl (C=O) groups is 1. The molecule has 9 nitrogen and oxygen atoms in total. The number of aromatic nitrogens is 5. The maximum atomic E-state index is 12.6. The monoisotopic (exact) mass is 380 g/mol. The number of piperazine rings is 1. The lowest BCUT2D eigenvalue weighted by Crippen LogP contribution is -2.50. The minimum Gasteiger partial charge on any atom is -0.353 e. The summed E-state index contributed by atoms with van der Waals surface area (Å²) in [5.41, 5.74) is 2.68. The fourth-order valence-corrected chi connectivity index (χ4v) is 3.42.